The first-order valence-corrected chi connectivity index (χ1v) is 17.3. The zero-order valence-corrected chi connectivity index (χ0v) is 29.6. The standard InChI is InChI=1S/C37H53N5O6/c1-35(2,3)29(27(43)22-16-20-11-9-10-12-21(20)17-22)40-34(48)41-30(36(4,5)6)33(47)42-18-23-25(37(23,7)8)26(42)32(46)39-24(15-19-13-14-19)28(44)31(38)45/h9-12,19,22-26,29-30H,13-18H2,1-8H3,(H2,38,45)(H,39,46)(H2,40,41,48)/t23-,24-,25-,26-,29+,30+/m0/s1. The second kappa shape index (κ2) is 12.6. The van der Waals surface area contributed by atoms with Crippen LogP contribution in [0.1, 0.15) is 85.8 Å². The minimum absolute atomic E-state index is 0.0441. The number of likely N-dealkylation sites (tertiary alicyclic amines) is 1. The fraction of sp³-hybridized carbons (Fsp3) is 0.676. The molecule has 6 atom stereocenters. The van der Waals surface area contributed by atoms with Gasteiger partial charge in [-0.05, 0) is 64.4 Å². The number of nitrogens with zero attached hydrogens (tertiary/aromatic N) is 1. The van der Waals surface area contributed by atoms with Crippen molar-refractivity contribution in [2.24, 2.45) is 45.7 Å². The molecule has 1 aliphatic heterocycles. The first-order chi connectivity index (χ1) is 22.2. The Kier molecular flexibility index (Phi) is 9.33. The second-order valence-corrected chi connectivity index (χ2v) is 17.3. The van der Waals surface area contributed by atoms with E-state index in [0.717, 1.165) is 24.0 Å². The third-order valence-corrected chi connectivity index (χ3v) is 11.2. The summed E-state index contributed by atoms with van der Waals surface area (Å²) < 4.78 is 0. The van der Waals surface area contributed by atoms with Crippen LogP contribution >= 0.6 is 0 Å². The molecule has 5 N–H and O–H groups in total. The molecule has 0 unspecified atom stereocenters. The molecule has 4 aliphatic rings. The van der Waals surface area contributed by atoms with Crippen molar-refractivity contribution < 1.29 is 28.8 Å². The maximum absolute atomic E-state index is 14.4. The molecule has 1 saturated heterocycles. The van der Waals surface area contributed by atoms with Crippen LogP contribution in [0.5, 0.6) is 0 Å². The molecule has 11 heteroatoms. The van der Waals surface area contributed by atoms with Crippen LogP contribution < -0.4 is 21.7 Å². The van der Waals surface area contributed by atoms with Gasteiger partial charge in [0, 0.05) is 12.5 Å². The van der Waals surface area contributed by atoms with Crippen LogP contribution in [0.25, 0.3) is 0 Å². The van der Waals surface area contributed by atoms with Crippen LogP contribution in [0.2, 0.25) is 0 Å². The summed E-state index contributed by atoms with van der Waals surface area (Å²) in [4.78, 5) is 81.8. The zero-order chi connectivity index (χ0) is 35.5. The molecule has 0 radical (unpaired) electrons. The normalized spacial score (nSPS) is 24.8. The number of piperidine rings is 1. The van der Waals surface area contributed by atoms with Crippen molar-refractivity contribution in [3.63, 3.8) is 0 Å². The predicted molar refractivity (Wildman–Crippen MR) is 180 cm³/mol. The molecule has 3 aliphatic carbocycles. The van der Waals surface area contributed by atoms with Crippen molar-refractivity contribution in [1.82, 2.24) is 20.9 Å². The Hall–Kier alpha value is -3.76. The quantitative estimate of drug-likeness (QED) is 0.266. The van der Waals surface area contributed by atoms with E-state index >= 15 is 0 Å². The molecule has 2 saturated carbocycles. The minimum atomic E-state index is -1.10. The average molecular weight is 664 g/mol. The molecule has 5 amide bonds. The SMILES string of the molecule is CC(C)(C)[C@H](NC(=O)N[C@H](C(=O)N1C[C@H]2[C@@H]([C@H]1C(=O)N[C@@H](CC1CC1)C(=O)C(N)=O)C2(C)C)C(C)(C)C)C(=O)C1Cc2ccccc2C1. The summed E-state index contributed by atoms with van der Waals surface area (Å²) in [5.74, 6) is -2.97. The van der Waals surface area contributed by atoms with Crippen LogP contribution in [0, 0.1) is 39.9 Å². The van der Waals surface area contributed by atoms with Gasteiger partial charge in [-0.1, -0.05) is 92.5 Å². The minimum Gasteiger partial charge on any atom is -0.363 e. The lowest BCUT2D eigenvalue weighted by molar-refractivity contribution is -0.145. The number of ketones is 2. The fourth-order valence-electron chi connectivity index (χ4n) is 7.99. The van der Waals surface area contributed by atoms with Gasteiger partial charge in [-0.3, -0.25) is 24.0 Å². The molecule has 1 aromatic carbocycles. The number of urea groups is 1. The maximum atomic E-state index is 14.4. The van der Waals surface area contributed by atoms with Crippen LogP contribution in [0.4, 0.5) is 4.79 Å². The Morgan fingerprint density at radius 1 is 0.875 bits per heavy atom. The van der Waals surface area contributed by atoms with Gasteiger partial charge >= 0.3 is 6.03 Å². The first kappa shape index (κ1) is 35.5. The summed E-state index contributed by atoms with van der Waals surface area (Å²) in [7, 11) is 0. The van der Waals surface area contributed by atoms with E-state index in [2.05, 4.69) is 29.8 Å². The van der Waals surface area contributed by atoms with Gasteiger partial charge in [0.25, 0.3) is 5.91 Å². The molecule has 5 rings (SSSR count). The molecule has 0 aromatic heterocycles. The lowest BCUT2D eigenvalue weighted by Crippen LogP contribution is -2.63. The third-order valence-electron chi connectivity index (χ3n) is 11.2. The lowest BCUT2D eigenvalue weighted by atomic mass is 9.79. The monoisotopic (exact) mass is 663 g/mol. The topological polar surface area (TPSA) is 168 Å². The van der Waals surface area contributed by atoms with E-state index in [9.17, 15) is 28.8 Å². The van der Waals surface area contributed by atoms with E-state index in [1.165, 1.54) is 4.90 Å². The zero-order valence-electron chi connectivity index (χ0n) is 29.6. The molecule has 3 fully saturated rings. The Morgan fingerprint density at radius 2 is 1.42 bits per heavy atom. The molecular weight excluding hydrogens is 610 g/mol. The van der Waals surface area contributed by atoms with Crippen LogP contribution in [-0.2, 0) is 36.8 Å². The number of hydrogen-bond donors (Lipinski definition) is 4. The van der Waals surface area contributed by atoms with Crippen molar-refractivity contribution in [1.29, 1.82) is 0 Å². The summed E-state index contributed by atoms with van der Waals surface area (Å²) in [6.45, 7) is 15.7. The number of Topliss-reactive ketones (excluding diaryl/α,β-unsaturated/α-hetero) is 2. The van der Waals surface area contributed by atoms with Crippen LogP contribution in [0.15, 0.2) is 24.3 Å². The summed E-state index contributed by atoms with van der Waals surface area (Å²) >= 11 is 0. The number of amides is 5. The lowest BCUT2D eigenvalue weighted by Gasteiger charge is -2.38. The number of benzene rings is 1. The van der Waals surface area contributed by atoms with E-state index in [1.54, 1.807) is 0 Å². The molecule has 0 spiro atoms. The van der Waals surface area contributed by atoms with E-state index in [-0.39, 0.29) is 34.9 Å². The molecule has 0 bridgehead atoms. The van der Waals surface area contributed by atoms with Crippen molar-refractivity contribution >= 4 is 35.3 Å². The van der Waals surface area contributed by atoms with E-state index in [4.69, 9.17) is 5.73 Å². The summed E-state index contributed by atoms with van der Waals surface area (Å²) in [6.07, 6.45) is 3.41. The number of nitrogens with two attached hydrogens (primary N) is 1. The van der Waals surface area contributed by atoms with Gasteiger partial charge in [0.05, 0.1) is 12.1 Å². The highest BCUT2D eigenvalue weighted by atomic mass is 16.2. The average Bonchev–Trinajstić information content (AvgIpc) is 3.74. The number of hydrogen-bond acceptors (Lipinski definition) is 6. The van der Waals surface area contributed by atoms with Gasteiger partial charge in [0.1, 0.15) is 12.1 Å². The van der Waals surface area contributed by atoms with E-state index in [1.807, 2.05) is 65.8 Å². The number of primary amides is 1. The van der Waals surface area contributed by atoms with E-state index < -0.39 is 64.5 Å². The van der Waals surface area contributed by atoms with Gasteiger partial charge in [-0.2, -0.15) is 0 Å². The summed E-state index contributed by atoms with van der Waals surface area (Å²) in [5.41, 5.74) is 6.08. The van der Waals surface area contributed by atoms with Crippen molar-refractivity contribution in [3.05, 3.63) is 35.4 Å². The van der Waals surface area contributed by atoms with Crippen LogP contribution in [0.3, 0.4) is 0 Å². The van der Waals surface area contributed by atoms with Gasteiger partial charge in [-0.25, -0.2) is 4.79 Å². The number of carbonyl (C=O) groups excluding carboxylic acids is 6. The fourth-order valence-corrected chi connectivity index (χ4v) is 7.99. The molecule has 262 valence electrons. The number of fused-ring (bicyclic) bond motifs is 2. The molecule has 11 nitrogen and oxygen atoms in total. The highest BCUT2D eigenvalue weighted by Crippen LogP contribution is 2.65. The highest BCUT2D eigenvalue weighted by molar-refractivity contribution is 6.37. The molecular formula is C37H53N5O6. The largest absolute Gasteiger partial charge is 0.363 e. The second-order valence-electron chi connectivity index (χ2n) is 17.3. The Morgan fingerprint density at radius 3 is 1.92 bits per heavy atom. The van der Waals surface area contributed by atoms with Gasteiger partial charge in [0.2, 0.25) is 17.6 Å². The molecule has 1 heterocycles. The maximum Gasteiger partial charge on any atom is 0.316 e. The summed E-state index contributed by atoms with van der Waals surface area (Å²) in [6, 6.07) is 3.65. The number of nitrogens with one attached hydrogen (secondary N) is 3. The molecule has 1 aromatic rings. The van der Waals surface area contributed by atoms with Crippen molar-refractivity contribution in [2.75, 3.05) is 6.54 Å². The van der Waals surface area contributed by atoms with Gasteiger partial charge in [0.15, 0.2) is 5.78 Å². The van der Waals surface area contributed by atoms with E-state index in [0.29, 0.717) is 25.8 Å². The van der Waals surface area contributed by atoms with Crippen LogP contribution in [-0.4, -0.2) is 70.9 Å². The number of rotatable bonds is 11. The van der Waals surface area contributed by atoms with Crippen molar-refractivity contribution in [2.45, 2.75) is 112 Å². The number of carbonyl (C=O) groups is 6. The smallest absolute Gasteiger partial charge is 0.316 e. The Labute approximate surface area is 283 Å². The van der Waals surface area contributed by atoms with Gasteiger partial charge in [-0.15, -0.1) is 0 Å². The predicted octanol–water partition coefficient (Wildman–Crippen LogP) is 2.92. The van der Waals surface area contributed by atoms with Gasteiger partial charge < -0.3 is 26.6 Å². The molecule has 48 heavy (non-hydrogen) atoms. The first-order valence-electron chi connectivity index (χ1n) is 17.3. The Balaban J connectivity index is 1.32. The third kappa shape index (κ3) is 7.15. The van der Waals surface area contributed by atoms with Crippen molar-refractivity contribution in [3.8, 4) is 0 Å². The summed E-state index contributed by atoms with van der Waals surface area (Å²) in [5, 5.41) is 8.57. The Bertz CT molecular complexity index is 1480. The highest BCUT2D eigenvalue weighted by Gasteiger charge is 2.70.